The predicted molar refractivity (Wildman–Crippen MR) is 166 cm³/mol. The number of nitrogens with zero attached hydrogens (tertiary/aromatic N) is 1. The first kappa shape index (κ1) is 25.2. The summed E-state index contributed by atoms with van der Waals surface area (Å²) in [6.07, 6.45) is 2.65. The van der Waals surface area contributed by atoms with Gasteiger partial charge in [0.1, 0.15) is 8.42 Å². The molecule has 4 aromatic rings. The molecule has 0 radical (unpaired) electrons. The molecular weight excluding hydrogens is 483 g/mol. The van der Waals surface area contributed by atoms with E-state index in [2.05, 4.69) is 116 Å². The van der Waals surface area contributed by atoms with E-state index in [1.165, 1.54) is 64.5 Å². The molecule has 1 nitrogen and oxygen atoms in total. The summed E-state index contributed by atoms with van der Waals surface area (Å²) in [4.78, 5) is 2.76. The van der Waals surface area contributed by atoms with E-state index >= 15 is 0 Å². The normalized spacial score (nSPS) is 14.3. The van der Waals surface area contributed by atoms with E-state index in [9.17, 15) is 0 Å². The lowest BCUT2D eigenvalue weighted by Crippen LogP contribution is -2.38. The fourth-order valence-corrected chi connectivity index (χ4v) is 8.54. The Morgan fingerprint density at radius 3 is 2.19 bits per heavy atom. The lowest BCUT2D eigenvalue weighted by Gasteiger charge is -2.29. The van der Waals surface area contributed by atoms with Gasteiger partial charge in [0, 0.05) is 15.9 Å². The van der Waals surface area contributed by atoms with Gasteiger partial charge in [0.2, 0.25) is 5.69 Å². The Morgan fingerprint density at radius 1 is 0.892 bits per heavy atom. The van der Waals surface area contributed by atoms with Crippen LogP contribution in [0.3, 0.4) is 0 Å². The van der Waals surface area contributed by atoms with Gasteiger partial charge in [-0.1, -0.05) is 102 Å². The maximum atomic E-state index is 8.94. The van der Waals surface area contributed by atoms with Gasteiger partial charge in [-0.05, 0) is 69.5 Å². The van der Waals surface area contributed by atoms with Gasteiger partial charge in [-0.25, -0.2) is 4.57 Å². The van der Waals surface area contributed by atoms with E-state index in [-0.39, 0.29) is 10.8 Å². The van der Waals surface area contributed by atoms with E-state index in [1.54, 1.807) is 0 Å². The monoisotopic (exact) mass is 527 g/mol. The standard InChI is InChI=1S/C34H44NSSi/c1-21-26-16-22(19-33(2,3)4)12-13-25(26)27(20-34(5,6)7)32-29(21)31-30-23(14-15-35(31)8)17-24(37(9,10)11)18-28(30)36-32/h12-18H,19-20H2,1-11H3/q+1/i15D. The van der Waals surface area contributed by atoms with Crippen LogP contribution in [0.5, 0.6) is 0 Å². The molecule has 0 atom stereocenters. The molecule has 0 fully saturated rings. The van der Waals surface area contributed by atoms with Crippen LogP contribution in [0.15, 0.2) is 52.4 Å². The zero-order valence-electron chi connectivity index (χ0n) is 25.7. The number of aryl methyl sites for hydroxylation is 1. The summed E-state index contributed by atoms with van der Waals surface area (Å²) >= 11 is 1.98. The van der Waals surface area contributed by atoms with Gasteiger partial charge in [-0.2, -0.15) is 0 Å². The summed E-state index contributed by atoms with van der Waals surface area (Å²) in [5, 5.41) is 6.77. The van der Waals surface area contributed by atoms with Crippen LogP contribution >= 0.6 is 11.8 Å². The Morgan fingerprint density at radius 2 is 1.57 bits per heavy atom. The summed E-state index contributed by atoms with van der Waals surface area (Å²) in [7, 11) is 0.552. The van der Waals surface area contributed by atoms with Crippen LogP contribution in [-0.4, -0.2) is 8.07 Å². The first-order chi connectivity index (χ1) is 17.4. The smallest absolute Gasteiger partial charge is 0.200 e. The molecule has 2 heterocycles. The average Bonchev–Trinajstić information content (AvgIpc) is 2.76. The second-order valence-corrected chi connectivity index (χ2v) is 20.8. The van der Waals surface area contributed by atoms with Gasteiger partial charge in [0.05, 0.1) is 19.0 Å². The molecule has 0 bridgehead atoms. The lowest BCUT2D eigenvalue weighted by molar-refractivity contribution is -0.659. The minimum absolute atomic E-state index is 0.163. The summed E-state index contributed by atoms with van der Waals surface area (Å²) in [6, 6.07) is 14.1. The largest absolute Gasteiger partial charge is 0.222 e. The average molecular weight is 528 g/mol. The SMILES string of the molecule is [2H]c1cc2cc([Si](C)(C)C)cc3c2c([n+]1C)-c1c(c(CC(C)(C)C)c2ccc(CC(C)(C)C)cc2c1C)S3. The molecule has 0 spiro atoms. The summed E-state index contributed by atoms with van der Waals surface area (Å²) in [6.45, 7) is 23.6. The number of pyridine rings is 1. The maximum Gasteiger partial charge on any atom is 0.222 e. The second kappa shape index (κ2) is 8.71. The molecule has 1 aliphatic heterocycles. The van der Waals surface area contributed by atoms with Crippen LogP contribution in [-0.2, 0) is 19.9 Å². The van der Waals surface area contributed by atoms with Crippen LogP contribution < -0.4 is 9.75 Å². The van der Waals surface area contributed by atoms with Gasteiger partial charge in [0.25, 0.3) is 0 Å². The van der Waals surface area contributed by atoms with Crippen molar-refractivity contribution >= 4 is 46.6 Å². The highest BCUT2D eigenvalue weighted by Gasteiger charge is 2.34. The second-order valence-electron chi connectivity index (χ2n) is 14.6. The molecule has 3 aromatic carbocycles. The molecule has 0 N–H and O–H groups in total. The van der Waals surface area contributed by atoms with Crippen molar-refractivity contribution in [1.82, 2.24) is 0 Å². The molecule has 37 heavy (non-hydrogen) atoms. The number of rotatable bonds is 3. The van der Waals surface area contributed by atoms with E-state index in [4.69, 9.17) is 1.37 Å². The molecule has 0 unspecified atom stereocenters. The van der Waals surface area contributed by atoms with Crippen molar-refractivity contribution in [3.8, 4) is 11.3 Å². The zero-order chi connectivity index (χ0) is 27.9. The van der Waals surface area contributed by atoms with Gasteiger partial charge < -0.3 is 0 Å². The lowest BCUT2D eigenvalue weighted by atomic mass is 9.81. The minimum Gasteiger partial charge on any atom is -0.200 e. The maximum absolute atomic E-state index is 8.94. The number of fused-ring (bicyclic) bond motifs is 3. The number of hydrogen-bond acceptors (Lipinski definition) is 1. The summed E-state index contributed by atoms with van der Waals surface area (Å²) in [5.41, 5.74) is 7.17. The fraction of sp³-hybridized carbons (Fsp3) is 0.441. The summed E-state index contributed by atoms with van der Waals surface area (Å²) in [5.74, 6) is 0. The molecule has 3 heteroatoms. The van der Waals surface area contributed by atoms with Crippen molar-refractivity contribution in [1.29, 1.82) is 0 Å². The zero-order valence-corrected chi connectivity index (χ0v) is 26.6. The van der Waals surface area contributed by atoms with Gasteiger partial charge in [-0.15, -0.1) is 0 Å². The predicted octanol–water partition coefficient (Wildman–Crippen LogP) is 8.98. The highest BCUT2D eigenvalue weighted by molar-refractivity contribution is 8.00. The summed E-state index contributed by atoms with van der Waals surface area (Å²) < 4.78 is 11.1. The third-order valence-corrected chi connectivity index (χ3v) is 10.8. The van der Waals surface area contributed by atoms with Crippen molar-refractivity contribution in [2.45, 2.75) is 90.7 Å². The molecule has 1 aliphatic rings. The quantitative estimate of drug-likeness (QED) is 0.167. The van der Waals surface area contributed by atoms with Crippen LogP contribution in [0.1, 0.15) is 59.6 Å². The molecule has 0 saturated carbocycles. The molecule has 0 aliphatic carbocycles. The van der Waals surface area contributed by atoms with Crippen LogP contribution in [0.25, 0.3) is 32.8 Å². The van der Waals surface area contributed by atoms with Crippen LogP contribution in [0.4, 0.5) is 0 Å². The van der Waals surface area contributed by atoms with E-state index in [0.717, 1.165) is 12.8 Å². The van der Waals surface area contributed by atoms with Gasteiger partial charge >= 0.3 is 0 Å². The third-order valence-electron chi connectivity index (χ3n) is 7.56. The molecule has 0 amide bonds. The molecule has 5 rings (SSSR count). The number of benzene rings is 3. The van der Waals surface area contributed by atoms with Crippen molar-refractivity contribution in [3.63, 3.8) is 0 Å². The molecular formula is C34H44NSSi+. The van der Waals surface area contributed by atoms with Crippen molar-refractivity contribution in [2.75, 3.05) is 0 Å². The number of hydrogen-bond donors (Lipinski definition) is 0. The highest BCUT2D eigenvalue weighted by Crippen LogP contribution is 2.52. The minimum atomic E-state index is -1.53. The first-order valence-electron chi connectivity index (χ1n) is 14.2. The van der Waals surface area contributed by atoms with Gasteiger partial charge in [-0.3, -0.25) is 0 Å². The van der Waals surface area contributed by atoms with Gasteiger partial charge in [0.15, 0.2) is 6.17 Å². The Kier molecular flexibility index (Phi) is 5.93. The van der Waals surface area contributed by atoms with E-state index < -0.39 is 8.07 Å². The number of aromatic nitrogens is 1. The molecule has 194 valence electrons. The first-order valence-corrected chi connectivity index (χ1v) is 18.0. The Balaban J connectivity index is 1.93. The molecule has 0 saturated heterocycles. The topological polar surface area (TPSA) is 3.88 Å². The Labute approximate surface area is 231 Å². The fourth-order valence-electron chi connectivity index (χ4n) is 5.89. The van der Waals surface area contributed by atoms with Crippen molar-refractivity contribution in [2.24, 2.45) is 17.9 Å². The van der Waals surface area contributed by atoms with E-state index in [1.807, 2.05) is 11.8 Å². The third kappa shape index (κ3) is 4.90. The van der Waals surface area contributed by atoms with Crippen LogP contribution in [0, 0.1) is 17.8 Å². The van der Waals surface area contributed by atoms with Crippen LogP contribution in [0.2, 0.25) is 19.6 Å². The van der Waals surface area contributed by atoms with Crippen molar-refractivity contribution in [3.05, 3.63) is 59.3 Å². The Bertz CT molecular complexity index is 1610. The molecule has 1 aromatic heterocycles. The highest BCUT2D eigenvalue weighted by atomic mass is 32.2. The Hall–Kier alpha value is -2.10. The van der Waals surface area contributed by atoms with Crippen molar-refractivity contribution < 1.29 is 5.94 Å². The van der Waals surface area contributed by atoms with E-state index in [0.29, 0.717) is 6.17 Å².